The highest BCUT2D eigenvalue weighted by atomic mass is 16.3. The number of carbonyl (C=O) groups is 2. The first kappa shape index (κ1) is 16.7. The van der Waals surface area contributed by atoms with Crippen LogP contribution in [0, 0.1) is 11.8 Å². The SMILES string of the molecule is CC(=O)N1C[C@H](O)C[C@@H]1C(=O)NCC1CCCN(CC2CC2)C1. The van der Waals surface area contributed by atoms with Crippen molar-refractivity contribution in [1.82, 2.24) is 15.1 Å². The Balaban J connectivity index is 1.45. The van der Waals surface area contributed by atoms with Gasteiger partial charge in [0.25, 0.3) is 0 Å². The van der Waals surface area contributed by atoms with Crippen molar-refractivity contribution in [3.05, 3.63) is 0 Å². The fraction of sp³-hybridized carbons (Fsp3) is 0.882. The summed E-state index contributed by atoms with van der Waals surface area (Å²) in [4.78, 5) is 28.0. The number of rotatable bonds is 5. The third-order valence-electron chi connectivity index (χ3n) is 5.37. The molecule has 1 aliphatic carbocycles. The number of hydrogen-bond donors (Lipinski definition) is 2. The van der Waals surface area contributed by atoms with Crippen LogP contribution in [-0.2, 0) is 9.59 Å². The fourth-order valence-electron chi connectivity index (χ4n) is 3.92. The summed E-state index contributed by atoms with van der Waals surface area (Å²) in [5, 5.41) is 12.7. The molecule has 2 saturated heterocycles. The molecule has 3 fully saturated rings. The van der Waals surface area contributed by atoms with Crippen LogP contribution in [0.1, 0.15) is 39.0 Å². The summed E-state index contributed by atoms with van der Waals surface area (Å²) < 4.78 is 0. The quantitative estimate of drug-likeness (QED) is 0.758. The lowest BCUT2D eigenvalue weighted by Gasteiger charge is -2.33. The standard InChI is InChI=1S/C17H29N3O3/c1-12(21)20-11-15(22)7-16(20)17(23)18-8-14-3-2-6-19(10-14)9-13-4-5-13/h13-16,22H,2-11H2,1H3,(H,18,23)/t14?,15-,16-/m1/s1. The molecule has 2 N–H and O–H groups in total. The molecule has 23 heavy (non-hydrogen) atoms. The van der Waals surface area contributed by atoms with E-state index >= 15 is 0 Å². The smallest absolute Gasteiger partial charge is 0.242 e. The Morgan fingerprint density at radius 3 is 2.65 bits per heavy atom. The van der Waals surface area contributed by atoms with Gasteiger partial charge < -0.3 is 20.2 Å². The first-order valence-corrected chi connectivity index (χ1v) is 8.98. The van der Waals surface area contributed by atoms with Gasteiger partial charge in [0, 0.05) is 39.5 Å². The summed E-state index contributed by atoms with van der Waals surface area (Å²) in [7, 11) is 0. The van der Waals surface area contributed by atoms with Crippen LogP contribution in [0.2, 0.25) is 0 Å². The highest BCUT2D eigenvalue weighted by Crippen LogP contribution is 2.31. The zero-order valence-corrected chi connectivity index (χ0v) is 14.0. The maximum atomic E-state index is 12.4. The second kappa shape index (κ2) is 7.18. The van der Waals surface area contributed by atoms with Crippen molar-refractivity contribution < 1.29 is 14.7 Å². The predicted octanol–water partition coefficient (Wildman–Crippen LogP) is 0.206. The normalized spacial score (nSPS) is 32.1. The van der Waals surface area contributed by atoms with Gasteiger partial charge in [-0.15, -0.1) is 0 Å². The van der Waals surface area contributed by atoms with Crippen LogP contribution in [0.4, 0.5) is 0 Å². The number of amides is 2. The topological polar surface area (TPSA) is 72.9 Å². The van der Waals surface area contributed by atoms with Gasteiger partial charge in [0.2, 0.25) is 11.8 Å². The van der Waals surface area contributed by atoms with Crippen LogP contribution >= 0.6 is 0 Å². The fourth-order valence-corrected chi connectivity index (χ4v) is 3.92. The summed E-state index contributed by atoms with van der Waals surface area (Å²) in [6.07, 6.45) is 4.88. The van der Waals surface area contributed by atoms with Crippen LogP contribution in [0.15, 0.2) is 0 Å². The number of likely N-dealkylation sites (tertiary alicyclic amines) is 2. The van der Waals surface area contributed by atoms with E-state index < -0.39 is 12.1 Å². The Labute approximate surface area is 138 Å². The van der Waals surface area contributed by atoms with Crippen LogP contribution in [-0.4, -0.2) is 71.6 Å². The minimum Gasteiger partial charge on any atom is -0.391 e. The molecule has 0 aromatic carbocycles. The lowest BCUT2D eigenvalue weighted by Crippen LogP contribution is -2.48. The number of nitrogens with zero attached hydrogens (tertiary/aromatic N) is 2. The van der Waals surface area contributed by atoms with E-state index in [9.17, 15) is 14.7 Å². The van der Waals surface area contributed by atoms with E-state index in [2.05, 4.69) is 10.2 Å². The number of piperidine rings is 1. The van der Waals surface area contributed by atoms with E-state index in [4.69, 9.17) is 0 Å². The second-order valence-corrected chi connectivity index (χ2v) is 7.53. The summed E-state index contributed by atoms with van der Waals surface area (Å²) >= 11 is 0. The van der Waals surface area contributed by atoms with Crippen molar-refractivity contribution in [2.75, 3.05) is 32.7 Å². The van der Waals surface area contributed by atoms with Gasteiger partial charge in [-0.25, -0.2) is 0 Å². The Morgan fingerprint density at radius 1 is 1.17 bits per heavy atom. The zero-order chi connectivity index (χ0) is 16.4. The monoisotopic (exact) mass is 323 g/mol. The third-order valence-corrected chi connectivity index (χ3v) is 5.37. The molecule has 0 aromatic heterocycles. The van der Waals surface area contributed by atoms with Crippen molar-refractivity contribution in [3.8, 4) is 0 Å². The van der Waals surface area contributed by atoms with Crippen molar-refractivity contribution in [2.45, 2.75) is 51.2 Å². The maximum Gasteiger partial charge on any atom is 0.242 e. The number of carbonyl (C=O) groups excluding carboxylic acids is 2. The van der Waals surface area contributed by atoms with Gasteiger partial charge in [0.1, 0.15) is 6.04 Å². The highest BCUT2D eigenvalue weighted by molar-refractivity contribution is 5.87. The van der Waals surface area contributed by atoms with Crippen LogP contribution in [0.25, 0.3) is 0 Å². The van der Waals surface area contributed by atoms with Gasteiger partial charge in [0.15, 0.2) is 0 Å². The average molecular weight is 323 g/mol. The van der Waals surface area contributed by atoms with Gasteiger partial charge in [-0.05, 0) is 44.1 Å². The van der Waals surface area contributed by atoms with E-state index in [0.717, 1.165) is 18.9 Å². The number of aliphatic hydroxyl groups is 1. The minimum atomic E-state index is -0.585. The van der Waals surface area contributed by atoms with Crippen LogP contribution in [0.5, 0.6) is 0 Å². The summed E-state index contributed by atoms with van der Waals surface area (Å²) in [5.74, 6) is 1.15. The summed E-state index contributed by atoms with van der Waals surface area (Å²) in [5.41, 5.74) is 0. The molecule has 0 bridgehead atoms. The van der Waals surface area contributed by atoms with E-state index in [1.54, 1.807) is 0 Å². The zero-order valence-electron chi connectivity index (χ0n) is 14.0. The third kappa shape index (κ3) is 4.44. The van der Waals surface area contributed by atoms with Gasteiger partial charge in [-0.2, -0.15) is 0 Å². The van der Waals surface area contributed by atoms with Gasteiger partial charge >= 0.3 is 0 Å². The molecule has 2 aliphatic heterocycles. The molecule has 6 nitrogen and oxygen atoms in total. The number of β-amino-alcohol motifs (C(OH)–C–C–N with tert-alkyl or cyclic N) is 1. The molecule has 3 rings (SSSR count). The molecule has 0 aromatic rings. The Bertz CT molecular complexity index is 452. The molecular formula is C17H29N3O3. The van der Waals surface area contributed by atoms with Crippen LogP contribution in [0.3, 0.4) is 0 Å². The largest absolute Gasteiger partial charge is 0.391 e. The lowest BCUT2D eigenvalue weighted by molar-refractivity contribution is -0.137. The molecule has 130 valence electrons. The van der Waals surface area contributed by atoms with E-state index in [-0.39, 0.29) is 18.4 Å². The van der Waals surface area contributed by atoms with E-state index in [0.29, 0.717) is 18.9 Å². The van der Waals surface area contributed by atoms with Crippen LogP contribution < -0.4 is 5.32 Å². The lowest BCUT2D eigenvalue weighted by atomic mass is 9.97. The molecule has 1 saturated carbocycles. The van der Waals surface area contributed by atoms with Crippen molar-refractivity contribution in [1.29, 1.82) is 0 Å². The maximum absolute atomic E-state index is 12.4. The first-order chi connectivity index (χ1) is 11.0. The second-order valence-electron chi connectivity index (χ2n) is 7.53. The van der Waals surface area contributed by atoms with E-state index in [1.165, 1.54) is 44.2 Å². The first-order valence-electron chi connectivity index (χ1n) is 8.98. The summed E-state index contributed by atoms with van der Waals surface area (Å²) in [6.45, 7) is 5.88. The van der Waals surface area contributed by atoms with Gasteiger partial charge in [0.05, 0.1) is 6.10 Å². The molecule has 0 spiro atoms. The molecular weight excluding hydrogens is 294 g/mol. The van der Waals surface area contributed by atoms with Crippen molar-refractivity contribution in [3.63, 3.8) is 0 Å². The van der Waals surface area contributed by atoms with Crippen molar-refractivity contribution in [2.24, 2.45) is 11.8 Å². The van der Waals surface area contributed by atoms with Gasteiger partial charge in [-0.1, -0.05) is 0 Å². The molecule has 2 heterocycles. The number of hydrogen-bond acceptors (Lipinski definition) is 4. The minimum absolute atomic E-state index is 0.115. The molecule has 3 atom stereocenters. The Hall–Kier alpha value is -1.14. The Kier molecular flexibility index (Phi) is 5.21. The predicted molar refractivity (Wildman–Crippen MR) is 86.7 cm³/mol. The van der Waals surface area contributed by atoms with E-state index in [1.807, 2.05) is 0 Å². The summed E-state index contributed by atoms with van der Waals surface area (Å²) in [6, 6.07) is -0.506. The molecule has 0 radical (unpaired) electrons. The highest BCUT2D eigenvalue weighted by Gasteiger charge is 2.37. The Morgan fingerprint density at radius 2 is 1.96 bits per heavy atom. The van der Waals surface area contributed by atoms with Crippen molar-refractivity contribution >= 4 is 11.8 Å². The average Bonchev–Trinajstić information content (AvgIpc) is 3.23. The van der Waals surface area contributed by atoms with Gasteiger partial charge in [-0.3, -0.25) is 9.59 Å². The number of nitrogens with one attached hydrogen (secondary N) is 1. The molecule has 2 amide bonds. The molecule has 6 heteroatoms. The molecule has 3 aliphatic rings. The molecule has 1 unspecified atom stereocenters. The number of aliphatic hydroxyl groups excluding tert-OH is 1.